The zero-order valence-electron chi connectivity index (χ0n) is 9.04. The lowest BCUT2D eigenvalue weighted by Crippen LogP contribution is -2.49. The molecule has 84 valence electrons. The van der Waals surface area contributed by atoms with E-state index in [1.165, 1.54) is 0 Å². The fraction of sp³-hybridized carbons (Fsp3) is 0.556. The van der Waals surface area contributed by atoms with Gasteiger partial charge in [0.15, 0.2) is 11.5 Å². The SMILES string of the molecule is C[C@H]1CN(c2cncc3nnnn23)CCN1. The van der Waals surface area contributed by atoms with Crippen LogP contribution in [0.2, 0.25) is 0 Å². The molecule has 0 amide bonds. The Morgan fingerprint density at radius 2 is 2.38 bits per heavy atom. The molecule has 1 N–H and O–H groups in total. The lowest BCUT2D eigenvalue weighted by Gasteiger charge is -2.32. The third-order valence-electron chi connectivity index (χ3n) is 2.78. The summed E-state index contributed by atoms with van der Waals surface area (Å²) in [5, 5.41) is 14.9. The molecule has 2 aromatic heterocycles. The average molecular weight is 219 g/mol. The van der Waals surface area contributed by atoms with Crippen LogP contribution in [0.1, 0.15) is 6.92 Å². The van der Waals surface area contributed by atoms with Gasteiger partial charge in [0, 0.05) is 25.7 Å². The van der Waals surface area contributed by atoms with E-state index in [4.69, 9.17) is 0 Å². The fourth-order valence-electron chi connectivity index (χ4n) is 2.02. The summed E-state index contributed by atoms with van der Waals surface area (Å²) >= 11 is 0. The number of hydrogen-bond donors (Lipinski definition) is 1. The maximum Gasteiger partial charge on any atom is 0.199 e. The molecule has 3 heterocycles. The van der Waals surface area contributed by atoms with Crippen LogP contribution in [-0.4, -0.2) is 50.7 Å². The molecule has 0 bridgehead atoms. The molecule has 2 aromatic rings. The number of piperazine rings is 1. The zero-order chi connectivity index (χ0) is 11.0. The number of aromatic nitrogens is 5. The number of fused-ring (bicyclic) bond motifs is 1. The minimum Gasteiger partial charge on any atom is -0.352 e. The van der Waals surface area contributed by atoms with Crippen molar-refractivity contribution in [3.63, 3.8) is 0 Å². The van der Waals surface area contributed by atoms with Crippen molar-refractivity contribution in [1.29, 1.82) is 0 Å². The van der Waals surface area contributed by atoms with Gasteiger partial charge in [-0.25, -0.2) is 0 Å². The van der Waals surface area contributed by atoms with Gasteiger partial charge in [-0.05, 0) is 17.4 Å². The molecular weight excluding hydrogens is 206 g/mol. The first-order valence-corrected chi connectivity index (χ1v) is 5.35. The maximum absolute atomic E-state index is 4.16. The van der Waals surface area contributed by atoms with Gasteiger partial charge in [-0.15, -0.1) is 5.10 Å². The third kappa shape index (κ3) is 1.49. The summed E-state index contributed by atoms with van der Waals surface area (Å²) in [6.45, 7) is 5.03. The lowest BCUT2D eigenvalue weighted by atomic mass is 10.2. The van der Waals surface area contributed by atoms with Crippen molar-refractivity contribution < 1.29 is 0 Å². The van der Waals surface area contributed by atoms with E-state index in [0.29, 0.717) is 11.7 Å². The van der Waals surface area contributed by atoms with E-state index in [-0.39, 0.29) is 0 Å². The Hall–Kier alpha value is -1.76. The van der Waals surface area contributed by atoms with Gasteiger partial charge in [0.05, 0.1) is 12.4 Å². The van der Waals surface area contributed by atoms with Gasteiger partial charge in [0.1, 0.15) is 0 Å². The molecule has 0 radical (unpaired) electrons. The van der Waals surface area contributed by atoms with E-state index in [2.05, 4.69) is 37.6 Å². The minimum absolute atomic E-state index is 0.473. The van der Waals surface area contributed by atoms with E-state index in [1.54, 1.807) is 16.9 Å². The number of nitrogens with zero attached hydrogens (tertiary/aromatic N) is 6. The quantitative estimate of drug-likeness (QED) is 0.685. The van der Waals surface area contributed by atoms with Gasteiger partial charge in [-0.1, -0.05) is 0 Å². The van der Waals surface area contributed by atoms with Crippen LogP contribution in [0.25, 0.3) is 5.65 Å². The second-order valence-electron chi connectivity index (χ2n) is 4.02. The summed E-state index contributed by atoms with van der Waals surface area (Å²) in [6.07, 6.45) is 3.47. The summed E-state index contributed by atoms with van der Waals surface area (Å²) in [5.41, 5.74) is 0.684. The topological polar surface area (TPSA) is 71.2 Å². The molecular formula is C9H13N7. The Bertz CT molecular complexity index is 493. The van der Waals surface area contributed by atoms with Gasteiger partial charge in [0.25, 0.3) is 0 Å². The van der Waals surface area contributed by atoms with E-state index in [0.717, 1.165) is 25.5 Å². The summed E-state index contributed by atoms with van der Waals surface area (Å²) in [5.74, 6) is 0.954. The Balaban J connectivity index is 2.01. The third-order valence-corrected chi connectivity index (χ3v) is 2.78. The molecule has 3 rings (SSSR count). The van der Waals surface area contributed by atoms with Crippen molar-refractivity contribution in [2.24, 2.45) is 0 Å². The largest absolute Gasteiger partial charge is 0.352 e. The number of anilines is 1. The molecule has 1 aliphatic rings. The first kappa shape index (κ1) is 9.46. The molecule has 1 atom stereocenters. The molecule has 0 spiro atoms. The van der Waals surface area contributed by atoms with Crippen LogP contribution in [0.3, 0.4) is 0 Å². The van der Waals surface area contributed by atoms with Crippen molar-refractivity contribution >= 4 is 11.5 Å². The van der Waals surface area contributed by atoms with Crippen LogP contribution < -0.4 is 10.2 Å². The zero-order valence-corrected chi connectivity index (χ0v) is 9.04. The van der Waals surface area contributed by atoms with E-state index < -0.39 is 0 Å². The van der Waals surface area contributed by atoms with Crippen molar-refractivity contribution in [3.05, 3.63) is 12.4 Å². The summed E-state index contributed by atoms with van der Waals surface area (Å²) in [6, 6.07) is 0.473. The second kappa shape index (κ2) is 3.67. The van der Waals surface area contributed by atoms with Crippen LogP contribution in [0.4, 0.5) is 5.82 Å². The molecule has 0 saturated carbocycles. The summed E-state index contributed by atoms with van der Waals surface area (Å²) in [7, 11) is 0. The molecule has 1 aliphatic heterocycles. The smallest absolute Gasteiger partial charge is 0.199 e. The van der Waals surface area contributed by atoms with E-state index in [9.17, 15) is 0 Å². The van der Waals surface area contributed by atoms with Gasteiger partial charge < -0.3 is 10.2 Å². The highest BCUT2D eigenvalue weighted by molar-refractivity contribution is 5.46. The molecule has 0 aromatic carbocycles. The minimum atomic E-state index is 0.473. The van der Waals surface area contributed by atoms with Crippen LogP contribution in [0.15, 0.2) is 12.4 Å². The Morgan fingerprint density at radius 3 is 3.25 bits per heavy atom. The molecule has 16 heavy (non-hydrogen) atoms. The highest BCUT2D eigenvalue weighted by atomic mass is 15.5. The Kier molecular flexibility index (Phi) is 2.17. The summed E-state index contributed by atoms with van der Waals surface area (Å²) < 4.78 is 1.73. The second-order valence-corrected chi connectivity index (χ2v) is 4.02. The Morgan fingerprint density at radius 1 is 1.44 bits per heavy atom. The summed E-state index contributed by atoms with van der Waals surface area (Å²) in [4.78, 5) is 6.41. The molecule has 7 nitrogen and oxygen atoms in total. The normalized spacial score (nSPS) is 21.6. The first-order chi connectivity index (χ1) is 7.84. The Labute approximate surface area is 92.5 Å². The van der Waals surface area contributed by atoms with Crippen molar-refractivity contribution in [2.75, 3.05) is 24.5 Å². The number of rotatable bonds is 1. The van der Waals surface area contributed by atoms with Gasteiger partial charge in [0.2, 0.25) is 0 Å². The standard InChI is InChI=1S/C9H13N7/c1-7-6-15(3-2-11-7)9-5-10-4-8-12-13-14-16(8)9/h4-5,7,11H,2-3,6H2,1H3/t7-/m0/s1. The fourth-order valence-corrected chi connectivity index (χ4v) is 2.02. The predicted octanol–water partition coefficient (Wildman–Crippen LogP) is -0.683. The first-order valence-electron chi connectivity index (χ1n) is 5.35. The number of nitrogens with one attached hydrogen (secondary N) is 1. The predicted molar refractivity (Wildman–Crippen MR) is 58.3 cm³/mol. The van der Waals surface area contributed by atoms with Gasteiger partial charge >= 0.3 is 0 Å². The van der Waals surface area contributed by atoms with Crippen LogP contribution in [-0.2, 0) is 0 Å². The molecule has 1 fully saturated rings. The molecule has 7 heteroatoms. The van der Waals surface area contributed by atoms with E-state index >= 15 is 0 Å². The van der Waals surface area contributed by atoms with E-state index in [1.807, 2.05) is 0 Å². The molecule has 0 aliphatic carbocycles. The highest BCUT2D eigenvalue weighted by Gasteiger charge is 2.18. The number of hydrogen-bond acceptors (Lipinski definition) is 6. The molecule has 0 unspecified atom stereocenters. The van der Waals surface area contributed by atoms with Crippen molar-refractivity contribution in [3.8, 4) is 0 Å². The van der Waals surface area contributed by atoms with Crippen molar-refractivity contribution in [1.82, 2.24) is 30.3 Å². The molecule has 1 saturated heterocycles. The van der Waals surface area contributed by atoms with Crippen LogP contribution in [0.5, 0.6) is 0 Å². The highest BCUT2D eigenvalue weighted by Crippen LogP contribution is 2.14. The van der Waals surface area contributed by atoms with Gasteiger partial charge in [-0.3, -0.25) is 4.98 Å². The van der Waals surface area contributed by atoms with Crippen LogP contribution >= 0.6 is 0 Å². The van der Waals surface area contributed by atoms with Crippen LogP contribution in [0, 0.1) is 0 Å². The number of tetrazole rings is 1. The lowest BCUT2D eigenvalue weighted by molar-refractivity contribution is 0.479. The van der Waals surface area contributed by atoms with Crippen molar-refractivity contribution in [2.45, 2.75) is 13.0 Å². The monoisotopic (exact) mass is 219 g/mol. The average Bonchev–Trinajstić information content (AvgIpc) is 2.76. The maximum atomic E-state index is 4.16. The van der Waals surface area contributed by atoms with Gasteiger partial charge in [-0.2, -0.15) is 4.52 Å².